The van der Waals surface area contributed by atoms with E-state index >= 15 is 0 Å². The maximum Gasteiger partial charge on any atom is 0.175 e. The minimum atomic E-state index is -0.366. The van der Waals surface area contributed by atoms with E-state index < -0.39 is 0 Å². The molecule has 5 rings (SSSR count). The zero-order valence-corrected chi connectivity index (χ0v) is 21.5. The zero-order chi connectivity index (χ0) is 25.1. The third-order valence-electron chi connectivity index (χ3n) is 5.71. The smallest absolute Gasteiger partial charge is 0.175 e. The van der Waals surface area contributed by atoms with E-state index in [1.807, 2.05) is 37.3 Å². The minimum absolute atomic E-state index is 0.328. The number of hydrogen-bond donors (Lipinski definition) is 1. The van der Waals surface area contributed by atoms with Gasteiger partial charge in [-0.3, -0.25) is 0 Å². The van der Waals surface area contributed by atoms with Crippen LogP contribution in [-0.2, 0) is 6.61 Å². The number of ether oxygens (including phenoxy) is 2. The van der Waals surface area contributed by atoms with E-state index in [0.29, 0.717) is 47.1 Å². The molecular weight excluding hydrogens is 568 g/mol. The van der Waals surface area contributed by atoms with Gasteiger partial charge in [-0.05, 0) is 87.8 Å². The Morgan fingerprint density at radius 2 is 1.92 bits per heavy atom. The van der Waals surface area contributed by atoms with Crippen molar-refractivity contribution in [3.63, 3.8) is 0 Å². The van der Waals surface area contributed by atoms with Gasteiger partial charge in [0.15, 0.2) is 11.5 Å². The number of benzene rings is 4. The highest BCUT2D eigenvalue weighted by atomic mass is 127. The largest absolute Gasteiger partial charge is 0.490 e. The summed E-state index contributed by atoms with van der Waals surface area (Å²) in [6.45, 7) is 2.78. The Morgan fingerprint density at radius 3 is 2.75 bits per heavy atom. The van der Waals surface area contributed by atoms with Gasteiger partial charge >= 0.3 is 0 Å². The highest BCUT2D eigenvalue weighted by Crippen LogP contribution is 2.36. The quantitative estimate of drug-likeness (QED) is 0.158. The molecule has 0 aliphatic rings. The van der Waals surface area contributed by atoms with Crippen LogP contribution in [-0.4, -0.2) is 16.6 Å². The molecule has 0 aliphatic carbocycles. The van der Waals surface area contributed by atoms with Crippen LogP contribution in [0.15, 0.2) is 72.8 Å². The Morgan fingerprint density at radius 1 is 1.08 bits per heavy atom. The van der Waals surface area contributed by atoms with Crippen LogP contribution in [0.4, 0.5) is 4.39 Å². The van der Waals surface area contributed by atoms with Crippen molar-refractivity contribution in [3.05, 3.63) is 99.1 Å². The SMILES string of the molecule is CCOc1cc(/C=C(/C#N)c2nc3ccc(F)cc3[nH]2)cc(I)c1OCc1cccc2ccccc12. The second-order valence-electron chi connectivity index (χ2n) is 8.11. The highest BCUT2D eigenvalue weighted by molar-refractivity contribution is 14.1. The topological polar surface area (TPSA) is 70.9 Å². The Hall–Kier alpha value is -3.90. The van der Waals surface area contributed by atoms with Crippen molar-refractivity contribution in [1.29, 1.82) is 5.26 Å². The van der Waals surface area contributed by atoms with E-state index in [0.717, 1.165) is 25.5 Å². The number of nitriles is 1. The number of rotatable bonds is 7. The molecule has 0 amide bonds. The first kappa shape index (κ1) is 23.8. The number of halogens is 2. The summed E-state index contributed by atoms with van der Waals surface area (Å²) in [5, 5.41) is 12.1. The number of imidazole rings is 1. The van der Waals surface area contributed by atoms with Crippen molar-refractivity contribution < 1.29 is 13.9 Å². The third kappa shape index (κ3) is 4.90. The molecule has 0 atom stereocenters. The number of H-pyrrole nitrogens is 1. The van der Waals surface area contributed by atoms with Crippen LogP contribution in [0.1, 0.15) is 23.9 Å². The second-order valence-corrected chi connectivity index (χ2v) is 9.27. The van der Waals surface area contributed by atoms with Gasteiger partial charge in [0.2, 0.25) is 0 Å². The van der Waals surface area contributed by atoms with Gasteiger partial charge in [-0.15, -0.1) is 0 Å². The van der Waals surface area contributed by atoms with E-state index in [4.69, 9.17) is 9.47 Å². The monoisotopic (exact) mass is 589 g/mol. The summed E-state index contributed by atoms with van der Waals surface area (Å²) < 4.78 is 26.6. The molecule has 0 unspecified atom stereocenters. The Kier molecular flexibility index (Phi) is 6.87. The number of nitrogens with one attached hydrogen (secondary N) is 1. The molecule has 1 heterocycles. The molecule has 5 aromatic rings. The lowest BCUT2D eigenvalue weighted by atomic mass is 10.1. The van der Waals surface area contributed by atoms with E-state index in [1.165, 1.54) is 12.1 Å². The summed E-state index contributed by atoms with van der Waals surface area (Å²) in [5.41, 5.74) is 3.31. The summed E-state index contributed by atoms with van der Waals surface area (Å²) in [5.74, 6) is 1.26. The van der Waals surface area contributed by atoms with Crippen molar-refractivity contribution in [2.75, 3.05) is 6.61 Å². The van der Waals surface area contributed by atoms with Gasteiger partial charge in [0.05, 0.1) is 26.8 Å². The summed E-state index contributed by atoms with van der Waals surface area (Å²) >= 11 is 2.22. The van der Waals surface area contributed by atoms with E-state index in [2.05, 4.69) is 62.9 Å². The number of fused-ring (bicyclic) bond motifs is 2. The molecule has 0 saturated carbocycles. The Bertz CT molecular complexity index is 1650. The molecule has 1 N–H and O–H groups in total. The highest BCUT2D eigenvalue weighted by Gasteiger charge is 2.15. The predicted molar refractivity (Wildman–Crippen MR) is 148 cm³/mol. The molecule has 0 spiro atoms. The summed E-state index contributed by atoms with van der Waals surface area (Å²) in [6, 6.07) is 24.6. The average Bonchev–Trinajstić information content (AvgIpc) is 3.30. The Labute approximate surface area is 221 Å². The molecule has 5 nitrogen and oxygen atoms in total. The molecule has 0 saturated heterocycles. The zero-order valence-electron chi connectivity index (χ0n) is 19.4. The molecule has 0 fully saturated rings. The molecule has 4 aromatic carbocycles. The minimum Gasteiger partial charge on any atom is -0.490 e. The summed E-state index contributed by atoms with van der Waals surface area (Å²) in [7, 11) is 0. The van der Waals surface area contributed by atoms with Crippen LogP contribution < -0.4 is 9.47 Å². The van der Waals surface area contributed by atoms with E-state index in [-0.39, 0.29) is 5.82 Å². The lowest BCUT2D eigenvalue weighted by Gasteiger charge is -2.16. The number of hydrogen-bond acceptors (Lipinski definition) is 4. The van der Waals surface area contributed by atoms with E-state index in [1.54, 1.807) is 12.1 Å². The van der Waals surface area contributed by atoms with Gasteiger partial charge in [-0.25, -0.2) is 9.37 Å². The fraction of sp³-hybridized carbons (Fsp3) is 0.103. The summed E-state index contributed by atoms with van der Waals surface area (Å²) in [6.07, 6.45) is 1.73. The average molecular weight is 589 g/mol. The normalized spacial score (nSPS) is 11.6. The van der Waals surface area contributed by atoms with Crippen LogP contribution in [0, 0.1) is 20.7 Å². The molecular formula is C29H21FIN3O2. The number of allylic oxidation sites excluding steroid dienone is 1. The molecule has 0 radical (unpaired) electrons. The van der Waals surface area contributed by atoms with Gasteiger partial charge in [-0.1, -0.05) is 42.5 Å². The maximum atomic E-state index is 13.6. The van der Waals surface area contributed by atoms with E-state index in [9.17, 15) is 9.65 Å². The molecule has 36 heavy (non-hydrogen) atoms. The van der Waals surface area contributed by atoms with Crippen LogP contribution >= 0.6 is 22.6 Å². The van der Waals surface area contributed by atoms with Crippen LogP contribution in [0.2, 0.25) is 0 Å². The van der Waals surface area contributed by atoms with Gasteiger partial charge in [0, 0.05) is 0 Å². The maximum absolute atomic E-state index is 13.6. The van der Waals surface area contributed by atoms with Gasteiger partial charge in [-0.2, -0.15) is 5.26 Å². The van der Waals surface area contributed by atoms with Gasteiger partial charge in [0.25, 0.3) is 0 Å². The van der Waals surface area contributed by atoms with Crippen molar-refractivity contribution in [2.45, 2.75) is 13.5 Å². The van der Waals surface area contributed by atoms with Crippen molar-refractivity contribution in [3.8, 4) is 17.6 Å². The van der Waals surface area contributed by atoms with Gasteiger partial charge in [0.1, 0.15) is 24.3 Å². The van der Waals surface area contributed by atoms with Crippen molar-refractivity contribution in [1.82, 2.24) is 9.97 Å². The molecule has 0 aliphatic heterocycles. The van der Waals surface area contributed by atoms with Crippen molar-refractivity contribution >= 4 is 56.0 Å². The van der Waals surface area contributed by atoms with Gasteiger partial charge < -0.3 is 14.5 Å². The molecule has 1 aromatic heterocycles. The number of nitrogens with zero attached hydrogens (tertiary/aromatic N) is 2. The first-order valence-corrected chi connectivity index (χ1v) is 12.5. The molecule has 7 heteroatoms. The first-order valence-electron chi connectivity index (χ1n) is 11.4. The second kappa shape index (κ2) is 10.4. The lowest BCUT2D eigenvalue weighted by Crippen LogP contribution is -2.02. The lowest BCUT2D eigenvalue weighted by molar-refractivity contribution is 0.268. The molecule has 178 valence electrons. The summed E-state index contributed by atoms with van der Waals surface area (Å²) in [4.78, 5) is 7.46. The number of aromatic amines is 1. The standard InChI is InChI=1S/C29H21FIN3O2/c1-2-35-27-14-18(12-21(16-32)29-33-25-11-10-22(30)15-26(25)34-29)13-24(31)28(27)36-17-20-8-5-7-19-6-3-4-9-23(19)20/h3-15H,2,17H2,1H3,(H,33,34)/b21-12-. The predicted octanol–water partition coefficient (Wildman–Crippen LogP) is 7.50. The fourth-order valence-corrected chi connectivity index (χ4v) is 4.85. The van der Waals surface area contributed by atoms with Crippen LogP contribution in [0.5, 0.6) is 11.5 Å². The van der Waals surface area contributed by atoms with Crippen LogP contribution in [0.3, 0.4) is 0 Å². The first-order chi connectivity index (χ1) is 17.6. The Balaban J connectivity index is 1.47. The van der Waals surface area contributed by atoms with Crippen molar-refractivity contribution in [2.24, 2.45) is 0 Å². The fourth-order valence-electron chi connectivity index (χ4n) is 4.07. The third-order valence-corrected chi connectivity index (χ3v) is 6.52. The number of aromatic nitrogens is 2. The van der Waals surface area contributed by atoms with Crippen LogP contribution in [0.25, 0.3) is 33.5 Å². The molecule has 0 bridgehead atoms.